The van der Waals surface area contributed by atoms with E-state index in [1.54, 1.807) is 6.20 Å². The van der Waals surface area contributed by atoms with E-state index in [2.05, 4.69) is 14.9 Å². The molecule has 0 radical (unpaired) electrons. The molecule has 1 aromatic carbocycles. The summed E-state index contributed by atoms with van der Waals surface area (Å²) in [5, 5.41) is 3.30. The Hall–Kier alpha value is -1.82. The fourth-order valence-corrected chi connectivity index (χ4v) is 2.72. The Bertz CT molecular complexity index is 595. The van der Waals surface area contributed by atoms with Gasteiger partial charge in [-0.25, -0.2) is 4.98 Å². The van der Waals surface area contributed by atoms with Gasteiger partial charge in [-0.05, 0) is 38.1 Å². The third-order valence-electron chi connectivity index (χ3n) is 3.84. The summed E-state index contributed by atoms with van der Waals surface area (Å²) in [5.74, 6) is 0.732. The van der Waals surface area contributed by atoms with Gasteiger partial charge in [0.25, 0.3) is 0 Å². The quantitative estimate of drug-likeness (QED) is 0.919. The van der Waals surface area contributed by atoms with Crippen LogP contribution in [-0.4, -0.2) is 22.6 Å². The first-order valence-electron chi connectivity index (χ1n) is 6.97. The second-order valence-corrected chi connectivity index (χ2v) is 5.21. The number of hydrogen-bond acceptors (Lipinski definition) is 2. The van der Waals surface area contributed by atoms with Crippen LogP contribution in [0.5, 0.6) is 0 Å². The van der Waals surface area contributed by atoms with Crippen LogP contribution in [0.1, 0.15) is 24.4 Å². The van der Waals surface area contributed by atoms with Crippen LogP contribution in [0.4, 0.5) is 13.2 Å². The SMILES string of the molecule is FC(F)(F)c1ccc(-c2nccn2C2CCNCC2)cc1. The van der Waals surface area contributed by atoms with E-state index >= 15 is 0 Å². The predicted molar refractivity (Wildman–Crippen MR) is 73.8 cm³/mol. The summed E-state index contributed by atoms with van der Waals surface area (Å²) in [6, 6.07) is 5.55. The summed E-state index contributed by atoms with van der Waals surface area (Å²) in [7, 11) is 0. The maximum Gasteiger partial charge on any atom is 0.416 e. The first-order chi connectivity index (χ1) is 10.1. The Morgan fingerprint density at radius 2 is 1.76 bits per heavy atom. The van der Waals surface area contributed by atoms with Gasteiger partial charge in [-0.3, -0.25) is 0 Å². The molecule has 2 aromatic rings. The van der Waals surface area contributed by atoms with E-state index in [0.717, 1.165) is 43.9 Å². The zero-order valence-corrected chi connectivity index (χ0v) is 11.4. The molecule has 1 aromatic heterocycles. The van der Waals surface area contributed by atoms with Gasteiger partial charge in [-0.2, -0.15) is 13.2 Å². The number of alkyl halides is 3. The molecule has 21 heavy (non-hydrogen) atoms. The number of imidazole rings is 1. The van der Waals surface area contributed by atoms with Crippen molar-refractivity contribution in [1.82, 2.24) is 14.9 Å². The van der Waals surface area contributed by atoms with Crippen LogP contribution in [-0.2, 0) is 6.18 Å². The lowest BCUT2D eigenvalue weighted by Gasteiger charge is -2.25. The Labute approximate surface area is 120 Å². The van der Waals surface area contributed by atoms with Crippen molar-refractivity contribution in [2.75, 3.05) is 13.1 Å². The Balaban J connectivity index is 1.89. The predicted octanol–water partition coefficient (Wildman–Crippen LogP) is 3.49. The number of halogens is 3. The van der Waals surface area contributed by atoms with Crippen LogP contribution in [0.25, 0.3) is 11.4 Å². The zero-order valence-electron chi connectivity index (χ0n) is 11.4. The molecule has 0 bridgehead atoms. The highest BCUT2D eigenvalue weighted by molar-refractivity contribution is 5.56. The molecular weight excluding hydrogens is 279 g/mol. The van der Waals surface area contributed by atoms with Crippen LogP contribution in [0.2, 0.25) is 0 Å². The van der Waals surface area contributed by atoms with Crippen molar-refractivity contribution in [1.29, 1.82) is 0 Å². The van der Waals surface area contributed by atoms with Crippen LogP contribution in [0, 0.1) is 0 Å². The lowest BCUT2D eigenvalue weighted by atomic mass is 10.1. The second-order valence-electron chi connectivity index (χ2n) is 5.21. The third kappa shape index (κ3) is 2.95. The van der Waals surface area contributed by atoms with Crippen molar-refractivity contribution in [3.8, 4) is 11.4 Å². The number of nitrogens with zero attached hydrogens (tertiary/aromatic N) is 2. The van der Waals surface area contributed by atoms with E-state index < -0.39 is 11.7 Å². The van der Waals surface area contributed by atoms with E-state index in [9.17, 15) is 13.2 Å². The van der Waals surface area contributed by atoms with E-state index in [-0.39, 0.29) is 0 Å². The minimum absolute atomic E-state index is 0.353. The fraction of sp³-hybridized carbons (Fsp3) is 0.400. The molecule has 6 heteroatoms. The molecule has 0 unspecified atom stereocenters. The Morgan fingerprint density at radius 1 is 1.10 bits per heavy atom. The number of piperidine rings is 1. The molecule has 112 valence electrons. The molecule has 1 saturated heterocycles. The molecular formula is C15H16F3N3. The smallest absolute Gasteiger partial charge is 0.328 e. The molecule has 3 nitrogen and oxygen atoms in total. The largest absolute Gasteiger partial charge is 0.416 e. The van der Waals surface area contributed by atoms with Crippen LogP contribution in [0.3, 0.4) is 0 Å². The normalized spacial score (nSPS) is 17.1. The van der Waals surface area contributed by atoms with E-state index in [0.29, 0.717) is 11.6 Å². The van der Waals surface area contributed by atoms with Gasteiger partial charge in [0.15, 0.2) is 0 Å². The van der Waals surface area contributed by atoms with Gasteiger partial charge >= 0.3 is 6.18 Å². The molecule has 0 amide bonds. The molecule has 0 aliphatic carbocycles. The number of benzene rings is 1. The molecule has 1 N–H and O–H groups in total. The molecule has 2 heterocycles. The topological polar surface area (TPSA) is 29.9 Å². The number of rotatable bonds is 2. The number of nitrogens with one attached hydrogen (secondary N) is 1. The molecule has 0 spiro atoms. The van der Waals surface area contributed by atoms with Crippen molar-refractivity contribution >= 4 is 0 Å². The number of hydrogen-bond donors (Lipinski definition) is 1. The van der Waals surface area contributed by atoms with E-state index in [4.69, 9.17) is 0 Å². The van der Waals surface area contributed by atoms with Crippen molar-refractivity contribution < 1.29 is 13.2 Å². The van der Waals surface area contributed by atoms with Gasteiger partial charge in [0.1, 0.15) is 5.82 Å². The van der Waals surface area contributed by atoms with Gasteiger partial charge in [0.05, 0.1) is 5.56 Å². The first-order valence-corrected chi connectivity index (χ1v) is 6.97. The van der Waals surface area contributed by atoms with Gasteiger partial charge < -0.3 is 9.88 Å². The van der Waals surface area contributed by atoms with Gasteiger partial charge in [0.2, 0.25) is 0 Å². The van der Waals surface area contributed by atoms with Crippen molar-refractivity contribution in [3.63, 3.8) is 0 Å². The molecule has 1 aliphatic rings. The standard InChI is InChI=1S/C15H16F3N3/c16-15(17,18)12-3-1-11(2-4-12)14-20-9-10-21(14)13-5-7-19-8-6-13/h1-4,9-10,13,19H,5-8H2. The highest BCUT2D eigenvalue weighted by Crippen LogP contribution is 2.31. The first kappa shape index (κ1) is 14.1. The molecule has 1 aliphatic heterocycles. The maximum absolute atomic E-state index is 12.6. The average molecular weight is 295 g/mol. The second kappa shape index (κ2) is 5.52. The van der Waals surface area contributed by atoms with Gasteiger partial charge in [-0.1, -0.05) is 12.1 Å². The number of aromatic nitrogens is 2. The lowest BCUT2D eigenvalue weighted by molar-refractivity contribution is -0.137. The maximum atomic E-state index is 12.6. The van der Waals surface area contributed by atoms with E-state index in [1.807, 2.05) is 6.20 Å². The van der Waals surface area contributed by atoms with Gasteiger partial charge in [0, 0.05) is 24.0 Å². The zero-order chi connectivity index (χ0) is 14.9. The summed E-state index contributed by atoms with van der Waals surface area (Å²) >= 11 is 0. The van der Waals surface area contributed by atoms with Crippen LogP contribution >= 0.6 is 0 Å². The molecule has 0 atom stereocenters. The van der Waals surface area contributed by atoms with E-state index in [1.165, 1.54) is 12.1 Å². The molecule has 3 rings (SSSR count). The van der Waals surface area contributed by atoms with Crippen molar-refractivity contribution in [2.24, 2.45) is 0 Å². The Morgan fingerprint density at radius 3 is 2.38 bits per heavy atom. The summed E-state index contributed by atoms with van der Waals surface area (Å²) in [6.07, 6.45) is 1.31. The highest BCUT2D eigenvalue weighted by atomic mass is 19.4. The fourth-order valence-electron chi connectivity index (χ4n) is 2.72. The van der Waals surface area contributed by atoms with Crippen molar-refractivity contribution in [2.45, 2.75) is 25.1 Å². The third-order valence-corrected chi connectivity index (χ3v) is 3.84. The van der Waals surface area contributed by atoms with Crippen LogP contribution < -0.4 is 5.32 Å². The van der Waals surface area contributed by atoms with Crippen molar-refractivity contribution in [3.05, 3.63) is 42.2 Å². The van der Waals surface area contributed by atoms with Crippen LogP contribution in [0.15, 0.2) is 36.7 Å². The highest BCUT2D eigenvalue weighted by Gasteiger charge is 2.30. The average Bonchev–Trinajstić information content (AvgIpc) is 2.97. The summed E-state index contributed by atoms with van der Waals surface area (Å²) in [5.41, 5.74) is 0.0813. The molecule has 1 fully saturated rings. The van der Waals surface area contributed by atoms with Gasteiger partial charge in [-0.15, -0.1) is 0 Å². The summed E-state index contributed by atoms with van der Waals surface area (Å²) < 4.78 is 39.9. The molecule has 0 saturated carbocycles. The minimum atomic E-state index is -4.30. The summed E-state index contributed by atoms with van der Waals surface area (Å²) in [6.45, 7) is 1.91. The minimum Gasteiger partial charge on any atom is -0.328 e. The monoisotopic (exact) mass is 295 g/mol. The summed E-state index contributed by atoms with van der Waals surface area (Å²) in [4.78, 5) is 4.31. The Kier molecular flexibility index (Phi) is 3.71. The lowest BCUT2D eigenvalue weighted by Crippen LogP contribution is -2.29.